The van der Waals surface area contributed by atoms with Gasteiger partial charge in [0.05, 0.1) is 28.0 Å². The number of benzene rings is 2. The van der Waals surface area contributed by atoms with Crippen LogP contribution in [0, 0.1) is 0 Å². The summed E-state index contributed by atoms with van der Waals surface area (Å²) in [7, 11) is 0. The van der Waals surface area contributed by atoms with Gasteiger partial charge in [-0.2, -0.15) is 0 Å². The average Bonchev–Trinajstić information content (AvgIpc) is 2.88. The first-order valence-corrected chi connectivity index (χ1v) is 15.4. The summed E-state index contributed by atoms with van der Waals surface area (Å²) >= 11 is 12.6. The first kappa shape index (κ1) is 31.5. The lowest BCUT2D eigenvalue weighted by Gasteiger charge is -2.44. The summed E-state index contributed by atoms with van der Waals surface area (Å²) in [5.74, 6) is 1.24. The Labute approximate surface area is 255 Å². The van der Waals surface area contributed by atoms with Crippen molar-refractivity contribution in [2.24, 2.45) is 4.99 Å². The number of carbonyl (C=O) groups is 1. The molecule has 0 saturated carbocycles. The largest absolute Gasteiger partial charge is 0.494 e. The lowest BCUT2D eigenvalue weighted by molar-refractivity contribution is 0.0439. The number of anilines is 1. The van der Waals surface area contributed by atoms with E-state index in [1.165, 1.54) is 0 Å². The minimum Gasteiger partial charge on any atom is -0.494 e. The van der Waals surface area contributed by atoms with Gasteiger partial charge >= 0.3 is 6.09 Å². The topological polar surface area (TPSA) is 57.6 Å². The van der Waals surface area contributed by atoms with Gasteiger partial charge in [0.2, 0.25) is 5.90 Å². The Kier molecular flexibility index (Phi) is 10.1. The standard InChI is InChI=1S/C32H44Cl2N4O3/c1-31(2,3)38(32(4,5)6)30(39)41-28-15-13-23-12-14-24(22-26(23)35-28)40-21-8-7-16-36-17-19-37(20-18-36)27-11-9-10-25(33)29(27)34/h9-12,14,22H,7-8,13,15-21H2,1-6H3. The molecule has 0 N–H and O–H groups in total. The Balaban J connectivity index is 1.22. The van der Waals surface area contributed by atoms with E-state index in [-0.39, 0.29) is 17.2 Å². The molecule has 1 saturated heterocycles. The number of unbranched alkanes of at least 4 members (excludes halogenated alkanes) is 1. The molecule has 2 heterocycles. The zero-order valence-corrected chi connectivity index (χ0v) is 26.8. The van der Waals surface area contributed by atoms with Gasteiger partial charge in [-0.15, -0.1) is 0 Å². The number of halogens is 2. The number of aliphatic imine (C=N–C) groups is 1. The lowest BCUT2D eigenvalue weighted by atomic mass is 9.97. The number of nitrogens with zero attached hydrogens (tertiary/aromatic N) is 4. The summed E-state index contributed by atoms with van der Waals surface area (Å²) in [6.45, 7) is 17.7. The zero-order valence-electron chi connectivity index (χ0n) is 25.3. The van der Waals surface area contributed by atoms with E-state index >= 15 is 0 Å². The van der Waals surface area contributed by atoms with Gasteiger partial charge in [0.1, 0.15) is 5.75 Å². The van der Waals surface area contributed by atoms with E-state index in [2.05, 4.69) is 20.9 Å². The van der Waals surface area contributed by atoms with Crippen LogP contribution in [0.4, 0.5) is 16.2 Å². The maximum atomic E-state index is 13.1. The average molecular weight is 604 g/mol. The summed E-state index contributed by atoms with van der Waals surface area (Å²) in [6.07, 6.45) is 3.05. The molecule has 41 heavy (non-hydrogen) atoms. The van der Waals surface area contributed by atoms with Gasteiger partial charge in [-0.05, 0) is 91.1 Å². The number of hydrogen-bond acceptors (Lipinski definition) is 6. The van der Waals surface area contributed by atoms with Crippen LogP contribution in [-0.4, -0.2) is 72.2 Å². The first-order valence-electron chi connectivity index (χ1n) is 14.6. The molecule has 2 aliphatic heterocycles. The highest BCUT2D eigenvalue weighted by Crippen LogP contribution is 2.34. The minimum atomic E-state index is -0.372. The van der Waals surface area contributed by atoms with Crippen LogP contribution in [0.15, 0.2) is 41.4 Å². The molecule has 7 nitrogen and oxygen atoms in total. The second-order valence-corrected chi connectivity index (χ2v) is 13.6. The normalized spacial score (nSPS) is 16.2. The van der Waals surface area contributed by atoms with Gasteiger partial charge in [0, 0.05) is 49.7 Å². The highest BCUT2D eigenvalue weighted by molar-refractivity contribution is 6.43. The van der Waals surface area contributed by atoms with Gasteiger partial charge in [-0.3, -0.25) is 9.80 Å². The predicted molar refractivity (Wildman–Crippen MR) is 170 cm³/mol. The van der Waals surface area contributed by atoms with E-state index in [9.17, 15) is 4.79 Å². The van der Waals surface area contributed by atoms with Crippen molar-refractivity contribution in [3.8, 4) is 5.75 Å². The fraction of sp³-hybridized carbons (Fsp3) is 0.562. The molecule has 0 spiro atoms. The SMILES string of the molecule is CC(C)(C)N(C(=O)OC1=Nc2cc(OCCCCN3CCN(c4cccc(Cl)c4Cl)CC3)ccc2CC1)C(C)(C)C. The summed E-state index contributed by atoms with van der Waals surface area (Å²) in [5.41, 5.74) is 2.22. The molecule has 2 aromatic rings. The molecule has 0 radical (unpaired) electrons. The number of ether oxygens (including phenoxy) is 2. The third kappa shape index (κ3) is 8.30. The molecule has 9 heteroatoms. The molecule has 0 atom stereocenters. The van der Waals surface area contributed by atoms with Crippen LogP contribution < -0.4 is 9.64 Å². The lowest BCUT2D eigenvalue weighted by Crippen LogP contribution is -2.56. The molecular formula is C32H44Cl2N4O3. The maximum absolute atomic E-state index is 13.1. The van der Waals surface area contributed by atoms with Gasteiger partial charge < -0.3 is 14.4 Å². The fourth-order valence-electron chi connectivity index (χ4n) is 5.73. The Morgan fingerprint density at radius 3 is 2.34 bits per heavy atom. The molecule has 0 unspecified atom stereocenters. The summed E-state index contributed by atoms with van der Waals surface area (Å²) in [6, 6.07) is 11.8. The van der Waals surface area contributed by atoms with Crippen LogP contribution in [0.5, 0.6) is 5.75 Å². The molecule has 2 aromatic carbocycles. The smallest absolute Gasteiger partial charge is 0.417 e. The number of hydrogen-bond donors (Lipinski definition) is 0. The third-order valence-electron chi connectivity index (χ3n) is 7.42. The van der Waals surface area contributed by atoms with Crippen molar-refractivity contribution in [1.82, 2.24) is 9.80 Å². The monoisotopic (exact) mass is 602 g/mol. The molecule has 0 aliphatic carbocycles. The Morgan fingerprint density at radius 2 is 1.66 bits per heavy atom. The summed E-state index contributed by atoms with van der Waals surface area (Å²) in [4.78, 5) is 24.3. The van der Waals surface area contributed by atoms with Crippen molar-refractivity contribution < 1.29 is 14.3 Å². The van der Waals surface area contributed by atoms with Crippen LogP contribution >= 0.6 is 23.2 Å². The summed E-state index contributed by atoms with van der Waals surface area (Å²) in [5, 5.41) is 1.24. The molecular weight excluding hydrogens is 559 g/mol. The Morgan fingerprint density at radius 1 is 0.951 bits per heavy atom. The number of piperazine rings is 1. The number of amides is 1. The Hall–Kier alpha value is -2.48. The Bertz CT molecular complexity index is 1230. The number of fused-ring (bicyclic) bond motifs is 1. The molecule has 224 valence electrons. The molecule has 0 bridgehead atoms. The van der Waals surface area contributed by atoms with Gasteiger partial charge in [0.15, 0.2) is 0 Å². The predicted octanol–water partition coefficient (Wildman–Crippen LogP) is 7.99. The fourth-order valence-corrected chi connectivity index (χ4v) is 6.15. The van der Waals surface area contributed by atoms with E-state index in [4.69, 9.17) is 32.7 Å². The van der Waals surface area contributed by atoms with Crippen LogP contribution in [0.2, 0.25) is 10.0 Å². The summed E-state index contributed by atoms with van der Waals surface area (Å²) < 4.78 is 11.9. The van der Waals surface area contributed by atoms with Gasteiger partial charge in [-0.1, -0.05) is 35.3 Å². The number of aryl methyl sites for hydroxylation is 1. The molecule has 1 fully saturated rings. The van der Waals surface area contributed by atoms with Crippen molar-refractivity contribution in [3.05, 3.63) is 52.0 Å². The van der Waals surface area contributed by atoms with Crippen LogP contribution in [-0.2, 0) is 11.2 Å². The third-order valence-corrected chi connectivity index (χ3v) is 8.23. The minimum absolute atomic E-state index is 0.366. The van der Waals surface area contributed by atoms with Gasteiger partial charge in [0.25, 0.3) is 0 Å². The highest BCUT2D eigenvalue weighted by atomic mass is 35.5. The van der Waals surface area contributed by atoms with Crippen molar-refractivity contribution in [3.63, 3.8) is 0 Å². The number of rotatable bonds is 7. The van der Waals surface area contributed by atoms with Crippen LogP contribution in [0.1, 0.15) is 66.4 Å². The van der Waals surface area contributed by atoms with Crippen LogP contribution in [0.25, 0.3) is 0 Å². The molecule has 0 aromatic heterocycles. The zero-order chi connectivity index (χ0) is 29.8. The first-order chi connectivity index (χ1) is 19.3. The highest BCUT2D eigenvalue weighted by Gasteiger charge is 2.37. The van der Waals surface area contributed by atoms with E-state index in [0.29, 0.717) is 29.0 Å². The quantitative estimate of drug-likeness (QED) is 0.301. The van der Waals surface area contributed by atoms with Crippen molar-refractivity contribution in [2.45, 2.75) is 78.3 Å². The second kappa shape index (κ2) is 13.2. The van der Waals surface area contributed by atoms with E-state index in [1.54, 1.807) is 4.90 Å². The number of carbonyl (C=O) groups excluding carboxylic acids is 1. The van der Waals surface area contributed by atoms with E-state index < -0.39 is 0 Å². The molecule has 1 amide bonds. The van der Waals surface area contributed by atoms with Crippen LogP contribution in [0.3, 0.4) is 0 Å². The van der Waals surface area contributed by atoms with E-state index in [1.807, 2.05) is 71.9 Å². The molecule has 4 rings (SSSR count). The maximum Gasteiger partial charge on any atom is 0.417 e. The van der Waals surface area contributed by atoms with Crippen molar-refractivity contribution in [1.29, 1.82) is 0 Å². The molecule has 2 aliphatic rings. The van der Waals surface area contributed by atoms with E-state index in [0.717, 1.165) is 74.7 Å². The van der Waals surface area contributed by atoms with Crippen molar-refractivity contribution in [2.75, 3.05) is 44.2 Å². The van der Waals surface area contributed by atoms with Crippen molar-refractivity contribution >= 4 is 46.6 Å². The van der Waals surface area contributed by atoms with Gasteiger partial charge in [-0.25, -0.2) is 9.79 Å². The second-order valence-electron chi connectivity index (χ2n) is 12.8.